The van der Waals surface area contributed by atoms with Crippen molar-refractivity contribution in [3.8, 4) is 22.5 Å². The summed E-state index contributed by atoms with van der Waals surface area (Å²) in [5.41, 5.74) is 3.65. The second-order valence-corrected chi connectivity index (χ2v) is 12.4. The fourth-order valence-corrected chi connectivity index (χ4v) is 8.50. The minimum atomic E-state index is -0.222. The zero-order chi connectivity index (χ0) is 28.3. The summed E-state index contributed by atoms with van der Waals surface area (Å²) in [5.74, 6) is 0.0362. The van der Waals surface area contributed by atoms with Crippen LogP contribution >= 0.6 is 0 Å². The lowest BCUT2D eigenvalue weighted by Gasteiger charge is -2.18. The molecule has 6 aliphatic rings. The molecule has 4 amide bonds. The molecular formula is C34H26N4O4. The molecule has 206 valence electrons. The number of benzene rings is 2. The molecule has 42 heavy (non-hydrogen) atoms. The molecule has 0 radical (unpaired) electrons. The summed E-state index contributed by atoms with van der Waals surface area (Å²) in [6.07, 6.45) is 13.7. The molecule has 0 N–H and O–H groups in total. The zero-order valence-corrected chi connectivity index (χ0v) is 22.5. The van der Waals surface area contributed by atoms with Gasteiger partial charge in [0, 0.05) is 23.5 Å². The maximum atomic E-state index is 13.1. The highest BCUT2D eigenvalue weighted by Crippen LogP contribution is 2.54. The second-order valence-electron chi connectivity index (χ2n) is 12.4. The molecule has 9 rings (SSSR count). The van der Waals surface area contributed by atoms with Crippen LogP contribution in [0.3, 0.4) is 0 Å². The average Bonchev–Trinajstić information content (AvgIpc) is 3.87. The third-order valence-corrected chi connectivity index (χ3v) is 10.4. The Balaban J connectivity index is 0.912. The first kappa shape index (κ1) is 23.9. The van der Waals surface area contributed by atoms with Gasteiger partial charge in [0.1, 0.15) is 0 Å². The van der Waals surface area contributed by atoms with E-state index >= 15 is 0 Å². The Hall–Kier alpha value is -4.72. The van der Waals surface area contributed by atoms with Gasteiger partial charge in [0.25, 0.3) is 0 Å². The van der Waals surface area contributed by atoms with Crippen LogP contribution in [0.2, 0.25) is 0 Å². The molecule has 2 saturated carbocycles. The van der Waals surface area contributed by atoms with Crippen molar-refractivity contribution in [2.24, 2.45) is 47.3 Å². The highest BCUT2D eigenvalue weighted by atomic mass is 16.2. The number of rotatable bonds is 4. The number of hydrogen-bond donors (Lipinski definition) is 0. The van der Waals surface area contributed by atoms with Gasteiger partial charge in [-0.2, -0.15) is 0 Å². The van der Waals surface area contributed by atoms with Gasteiger partial charge >= 0.3 is 0 Å². The number of allylic oxidation sites excluding steroid dienone is 4. The Morgan fingerprint density at radius 3 is 1.21 bits per heavy atom. The molecule has 4 aliphatic carbocycles. The van der Waals surface area contributed by atoms with E-state index in [1.54, 1.807) is 24.5 Å². The summed E-state index contributed by atoms with van der Waals surface area (Å²) in [4.78, 5) is 64.3. The number of carbonyl (C=O) groups is 4. The monoisotopic (exact) mass is 554 g/mol. The largest absolute Gasteiger partial charge is 0.274 e. The first-order chi connectivity index (χ1) is 20.5. The minimum Gasteiger partial charge on any atom is -0.274 e. The predicted molar refractivity (Wildman–Crippen MR) is 153 cm³/mol. The SMILES string of the molecule is O=C1[C@@H]2[C@H](C(=O)N1c1ccc(-c3cnc(-c4ccc(N5C(=O)[C@@H]6[C@H](C5=O)[C@@H]5C=C[C@H]6C5)cc4)nc3)cc1)[C@@H]1C=C[C@H]2C1. The van der Waals surface area contributed by atoms with Gasteiger partial charge in [-0.25, -0.2) is 9.97 Å². The number of fused-ring (bicyclic) bond motifs is 10. The lowest BCUT2D eigenvalue weighted by atomic mass is 9.85. The summed E-state index contributed by atoms with van der Waals surface area (Å²) in [6.45, 7) is 0. The fraction of sp³-hybridized carbons (Fsp3) is 0.294. The summed E-state index contributed by atoms with van der Waals surface area (Å²) >= 11 is 0. The molecule has 8 nitrogen and oxygen atoms in total. The summed E-state index contributed by atoms with van der Waals surface area (Å²) in [5, 5.41) is 0. The van der Waals surface area contributed by atoms with Crippen molar-refractivity contribution in [3.63, 3.8) is 0 Å². The molecule has 8 heteroatoms. The Morgan fingerprint density at radius 1 is 0.476 bits per heavy atom. The Bertz CT molecular complexity index is 1570. The normalized spacial score (nSPS) is 33.4. The van der Waals surface area contributed by atoms with Crippen LogP contribution < -0.4 is 9.80 Å². The molecule has 3 heterocycles. The van der Waals surface area contributed by atoms with E-state index in [1.165, 1.54) is 9.80 Å². The first-order valence-corrected chi connectivity index (χ1v) is 14.6. The smallest absolute Gasteiger partial charge is 0.238 e. The van der Waals surface area contributed by atoms with Gasteiger partial charge in [-0.1, -0.05) is 36.4 Å². The molecule has 4 fully saturated rings. The third-order valence-electron chi connectivity index (χ3n) is 10.4. The number of carbonyl (C=O) groups excluding carboxylic acids is 4. The van der Waals surface area contributed by atoms with E-state index < -0.39 is 0 Å². The van der Waals surface area contributed by atoms with E-state index in [1.807, 2.05) is 36.4 Å². The molecular weight excluding hydrogens is 528 g/mol. The first-order valence-electron chi connectivity index (χ1n) is 14.6. The van der Waals surface area contributed by atoms with Gasteiger partial charge < -0.3 is 0 Å². The summed E-state index contributed by atoms with van der Waals surface area (Å²) in [6, 6.07) is 14.6. The summed E-state index contributed by atoms with van der Waals surface area (Å²) in [7, 11) is 0. The van der Waals surface area contributed by atoms with Crippen molar-refractivity contribution in [1.29, 1.82) is 0 Å². The van der Waals surface area contributed by atoms with Crippen LogP contribution in [-0.4, -0.2) is 33.6 Å². The van der Waals surface area contributed by atoms with Crippen LogP contribution in [0.1, 0.15) is 12.8 Å². The summed E-state index contributed by atoms with van der Waals surface area (Å²) < 4.78 is 0. The van der Waals surface area contributed by atoms with Gasteiger partial charge in [0.05, 0.1) is 35.0 Å². The van der Waals surface area contributed by atoms with E-state index in [9.17, 15) is 19.2 Å². The number of imide groups is 2. The number of anilines is 2. The average molecular weight is 555 g/mol. The van der Waals surface area contributed by atoms with Crippen molar-refractivity contribution >= 4 is 35.0 Å². The van der Waals surface area contributed by atoms with E-state index in [2.05, 4.69) is 34.3 Å². The molecule has 2 saturated heterocycles. The molecule has 1 aromatic heterocycles. The van der Waals surface area contributed by atoms with Crippen LogP contribution in [0.15, 0.2) is 85.2 Å². The van der Waals surface area contributed by atoms with Gasteiger partial charge in [-0.05, 0) is 78.5 Å². The fourth-order valence-electron chi connectivity index (χ4n) is 8.50. The van der Waals surface area contributed by atoms with E-state index in [4.69, 9.17) is 0 Å². The van der Waals surface area contributed by atoms with Gasteiger partial charge in [-0.3, -0.25) is 29.0 Å². The maximum absolute atomic E-state index is 13.1. The van der Waals surface area contributed by atoms with Crippen molar-refractivity contribution in [2.45, 2.75) is 12.8 Å². The Labute approximate surface area is 241 Å². The van der Waals surface area contributed by atoms with E-state index in [-0.39, 0.29) is 71.0 Å². The Morgan fingerprint density at radius 2 is 0.833 bits per heavy atom. The minimum absolute atomic E-state index is 0.0845. The molecule has 0 unspecified atom stereocenters. The highest BCUT2D eigenvalue weighted by Gasteiger charge is 2.60. The maximum Gasteiger partial charge on any atom is 0.238 e. The van der Waals surface area contributed by atoms with Crippen LogP contribution in [-0.2, 0) is 19.2 Å². The molecule has 4 bridgehead atoms. The lowest BCUT2D eigenvalue weighted by Crippen LogP contribution is -2.32. The number of amides is 4. The van der Waals surface area contributed by atoms with E-state index in [0.717, 1.165) is 29.5 Å². The van der Waals surface area contributed by atoms with Gasteiger partial charge in [0.15, 0.2) is 5.82 Å². The zero-order valence-electron chi connectivity index (χ0n) is 22.5. The van der Waals surface area contributed by atoms with E-state index in [0.29, 0.717) is 17.2 Å². The topological polar surface area (TPSA) is 101 Å². The Kier molecular flexibility index (Phi) is 4.79. The van der Waals surface area contributed by atoms with Crippen LogP contribution in [0.25, 0.3) is 22.5 Å². The molecule has 0 spiro atoms. The van der Waals surface area contributed by atoms with Gasteiger partial charge in [-0.15, -0.1) is 0 Å². The molecule has 3 aromatic rings. The molecule has 2 aliphatic heterocycles. The van der Waals surface area contributed by atoms with Crippen molar-refractivity contribution < 1.29 is 19.2 Å². The van der Waals surface area contributed by atoms with Crippen molar-refractivity contribution in [1.82, 2.24) is 9.97 Å². The molecule has 2 aromatic carbocycles. The number of aromatic nitrogens is 2. The van der Waals surface area contributed by atoms with Crippen molar-refractivity contribution in [3.05, 3.63) is 85.2 Å². The number of nitrogens with zero attached hydrogens (tertiary/aromatic N) is 4. The standard InChI is InChI=1S/C34H26N4O4/c39-31-26-19-1-2-20(13-19)27(26)32(40)37(31)24-9-5-17(6-10-24)23-15-35-30(36-16-23)18-7-11-25(12-8-18)38-33(41)28-21-3-4-22(14-21)29(28)34(38)42/h1-12,15-16,19-22,26-29H,13-14H2/t19-,20+,21-,22+,26-,27+,28-,29+. The number of hydrogen-bond acceptors (Lipinski definition) is 6. The van der Waals surface area contributed by atoms with Crippen LogP contribution in [0.5, 0.6) is 0 Å². The second kappa shape index (κ2) is 8.41. The quantitative estimate of drug-likeness (QED) is 0.349. The van der Waals surface area contributed by atoms with Gasteiger partial charge in [0.2, 0.25) is 23.6 Å². The third kappa shape index (κ3) is 3.12. The lowest BCUT2D eigenvalue weighted by molar-refractivity contribution is -0.124. The van der Waals surface area contributed by atoms with Crippen LogP contribution in [0.4, 0.5) is 11.4 Å². The van der Waals surface area contributed by atoms with Crippen molar-refractivity contribution in [2.75, 3.05) is 9.80 Å². The van der Waals surface area contributed by atoms with Crippen LogP contribution in [0, 0.1) is 47.3 Å². The predicted octanol–water partition coefficient (Wildman–Crippen LogP) is 4.43. The highest BCUT2D eigenvalue weighted by molar-refractivity contribution is 6.23. The molecule has 8 atom stereocenters.